The number of hydrogen-bond acceptors (Lipinski definition) is 4. The summed E-state index contributed by atoms with van der Waals surface area (Å²) >= 11 is 3.74. The first-order valence-corrected chi connectivity index (χ1v) is 23.3. The Labute approximate surface area is 378 Å². The lowest BCUT2D eigenvalue weighted by Gasteiger charge is -2.26. The fourth-order valence-corrected chi connectivity index (χ4v) is 12.1. The Morgan fingerprint density at radius 3 is 1.44 bits per heavy atom. The number of anilines is 3. The van der Waals surface area contributed by atoms with E-state index in [0.29, 0.717) is 0 Å². The molecule has 0 bridgehead atoms. The molecule has 13 rings (SSSR count). The topological polar surface area (TPSA) is 16.4 Å². The molecule has 0 radical (unpaired) electrons. The Morgan fingerprint density at radius 1 is 0.281 bits per heavy atom. The smallest absolute Gasteiger partial charge is 0.136 e. The Balaban J connectivity index is 0.915. The molecule has 0 aliphatic rings. The fourth-order valence-electron chi connectivity index (χ4n) is 9.78. The van der Waals surface area contributed by atoms with Crippen LogP contribution in [0.5, 0.6) is 0 Å². The highest BCUT2D eigenvalue weighted by Crippen LogP contribution is 2.45. The van der Waals surface area contributed by atoms with Gasteiger partial charge in [-0.15, -0.1) is 22.7 Å². The standard InChI is InChI=1S/C60H37NOS2/c1-2-13-47(49-19-9-20-50-48-14-4-7-23-55(48)64-60(49)50)44(12-1)38-26-32-41(33-27-38)61(42-34-28-39(29-35-42)45-17-10-22-54-58(45)51-15-3-6-21-53(51)62-54)43-36-30-40(31-37-43)46-18-11-25-57-59(46)52-16-5-8-24-56(52)63-57/h1-37H. The minimum Gasteiger partial charge on any atom is -0.456 e. The molecule has 0 atom stereocenters. The Kier molecular flexibility index (Phi) is 8.61. The van der Waals surface area contributed by atoms with Crippen LogP contribution in [-0.4, -0.2) is 0 Å². The molecule has 3 aromatic heterocycles. The van der Waals surface area contributed by atoms with Gasteiger partial charge in [0.2, 0.25) is 0 Å². The molecule has 0 unspecified atom stereocenters. The number of benzene rings is 10. The van der Waals surface area contributed by atoms with Crippen molar-refractivity contribution in [3.63, 3.8) is 0 Å². The molecule has 0 spiro atoms. The second kappa shape index (κ2) is 15.0. The minimum atomic E-state index is 0.901. The molecule has 0 saturated heterocycles. The SMILES string of the molecule is c1ccc(-c2cccc3c2sc2ccccc23)c(-c2ccc(N(c3ccc(-c4cccc5oc6ccccc6c45)cc3)c3ccc(-c4cccc5sc6ccccc6c45)cc3)cc2)c1. The van der Waals surface area contributed by atoms with Crippen molar-refractivity contribution in [3.8, 4) is 44.5 Å². The minimum absolute atomic E-state index is 0.901. The average Bonchev–Trinajstić information content (AvgIpc) is 4.06. The van der Waals surface area contributed by atoms with Crippen LogP contribution < -0.4 is 4.90 Å². The molecule has 3 heterocycles. The summed E-state index contributed by atoms with van der Waals surface area (Å²) < 4.78 is 11.5. The van der Waals surface area contributed by atoms with Crippen molar-refractivity contribution in [1.82, 2.24) is 0 Å². The van der Waals surface area contributed by atoms with Crippen LogP contribution in [0.3, 0.4) is 0 Å². The van der Waals surface area contributed by atoms with Crippen LogP contribution in [0.4, 0.5) is 17.1 Å². The maximum absolute atomic E-state index is 6.27. The molecule has 300 valence electrons. The van der Waals surface area contributed by atoms with E-state index in [9.17, 15) is 0 Å². The van der Waals surface area contributed by atoms with E-state index in [1.54, 1.807) is 0 Å². The lowest BCUT2D eigenvalue weighted by atomic mass is 9.93. The van der Waals surface area contributed by atoms with Crippen molar-refractivity contribution < 1.29 is 4.42 Å². The van der Waals surface area contributed by atoms with Crippen LogP contribution in [-0.2, 0) is 0 Å². The van der Waals surface area contributed by atoms with Crippen LogP contribution in [0.2, 0.25) is 0 Å². The number of fused-ring (bicyclic) bond motifs is 9. The summed E-state index contributed by atoms with van der Waals surface area (Å²) in [5, 5.41) is 7.54. The number of nitrogens with zero attached hydrogens (tertiary/aromatic N) is 1. The van der Waals surface area contributed by atoms with Gasteiger partial charge in [-0.2, -0.15) is 0 Å². The number of hydrogen-bond donors (Lipinski definition) is 0. The summed E-state index contributed by atoms with van der Waals surface area (Å²) in [7, 11) is 0. The third-order valence-electron chi connectivity index (χ3n) is 12.7. The quantitative estimate of drug-likeness (QED) is 0.159. The first kappa shape index (κ1) is 36.9. The molecule has 0 fully saturated rings. The predicted octanol–water partition coefficient (Wildman–Crippen LogP) is 18.5. The zero-order chi connectivity index (χ0) is 42.1. The summed E-state index contributed by atoms with van der Waals surface area (Å²) in [6.45, 7) is 0. The molecule has 0 aliphatic heterocycles. The molecular weight excluding hydrogens is 815 g/mol. The number of thiophene rings is 2. The zero-order valence-corrected chi connectivity index (χ0v) is 36.2. The van der Waals surface area contributed by atoms with Gasteiger partial charge in [-0.25, -0.2) is 0 Å². The van der Waals surface area contributed by atoms with E-state index in [1.165, 1.54) is 73.7 Å². The van der Waals surface area contributed by atoms with E-state index in [-0.39, 0.29) is 0 Å². The van der Waals surface area contributed by atoms with E-state index < -0.39 is 0 Å². The summed E-state index contributed by atoms with van der Waals surface area (Å²) in [5.74, 6) is 0. The summed E-state index contributed by atoms with van der Waals surface area (Å²) in [4.78, 5) is 2.37. The number of rotatable bonds is 7. The zero-order valence-electron chi connectivity index (χ0n) is 34.5. The molecular formula is C60H37NOS2. The first-order valence-electron chi connectivity index (χ1n) is 21.7. The highest BCUT2D eigenvalue weighted by Gasteiger charge is 2.19. The predicted molar refractivity (Wildman–Crippen MR) is 276 cm³/mol. The molecule has 4 heteroatoms. The second-order valence-electron chi connectivity index (χ2n) is 16.4. The van der Waals surface area contributed by atoms with Gasteiger partial charge >= 0.3 is 0 Å². The maximum atomic E-state index is 6.27. The third kappa shape index (κ3) is 5.99. The van der Waals surface area contributed by atoms with Gasteiger partial charge in [0.25, 0.3) is 0 Å². The molecule has 0 saturated carbocycles. The van der Waals surface area contributed by atoms with Gasteiger partial charge in [0.1, 0.15) is 11.2 Å². The number of para-hydroxylation sites is 1. The lowest BCUT2D eigenvalue weighted by molar-refractivity contribution is 0.669. The van der Waals surface area contributed by atoms with Gasteiger partial charge < -0.3 is 9.32 Å². The second-order valence-corrected chi connectivity index (χ2v) is 18.5. The van der Waals surface area contributed by atoms with E-state index in [2.05, 4.69) is 217 Å². The van der Waals surface area contributed by atoms with Crippen LogP contribution in [0.25, 0.3) is 107 Å². The van der Waals surface area contributed by atoms with Crippen molar-refractivity contribution in [2.45, 2.75) is 0 Å². The first-order chi connectivity index (χ1) is 31.7. The van der Waals surface area contributed by atoms with E-state index in [4.69, 9.17) is 4.42 Å². The molecule has 0 N–H and O–H groups in total. The molecule has 10 aromatic carbocycles. The van der Waals surface area contributed by atoms with Gasteiger partial charge in [0, 0.05) is 73.7 Å². The summed E-state index contributed by atoms with van der Waals surface area (Å²) in [6, 6.07) is 81.6. The van der Waals surface area contributed by atoms with Crippen molar-refractivity contribution >= 4 is 102 Å². The van der Waals surface area contributed by atoms with Crippen molar-refractivity contribution in [3.05, 3.63) is 224 Å². The van der Waals surface area contributed by atoms with E-state index in [0.717, 1.165) is 50.1 Å². The van der Waals surface area contributed by atoms with Gasteiger partial charge in [-0.1, -0.05) is 158 Å². The molecule has 2 nitrogen and oxygen atoms in total. The molecule has 0 amide bonds. The maximum Gasteiger partial charge on any atom is 0.136 e. The van der Waals surface area contributed by atoms with Crippen molar-refractivity contribution in [2.75, 3.05) is 4.90 Å². The highest BCUT2D eigenvalue weighted by molar-refractivity contribution is 7.26. The van der Waals surface area contributed by atoms with Gasteiger partial charge in [0.05, 0.1) is 0 Å². The highest BCUT2D eigenvalue weighted by atomic mass is 32.1. The monoisotopic (exact) mass is 851 g/mol. The van der Waals surface area contributed by atoms with Crippen molar-refractivity contribution in [2.24, 2.45) is 0 Å². The summed E-state index contributed by atoms with van der Waals surface area (Å²) in [6.07, 6.45) is 0. The van der Waals surface area contributed by atoms with Crippen LogP contribution in [0.15, 0.2) is 229 Å². The van der Waals surface area contributed by atoms with Gasteiger partial charge in [-0.05, 0) is 106 Å². The van der Waals surface area contributed by atoms with Crippen LogP contribution >= 0.6 is 22.7 Å². The fraction of sp³-hybridized carbons (Fsp3) is 0. The molecule has 0 aliphatic carbocycles. The summed E-state index contributed by atoms with van der Waals surface area (Å²) in [5.41, 5.74) is 14.7. The lowest BCUT2D eigenvalue weighted by Crippen LogP contribution is -2.09. The van der Waals surface area contributed by atoms with Crippen LogP contribution in [0, 0.1) is 0 Å². The van der Waals surface area contributed by atoms with Crippen LogP contribution in [0.1, 0.15) is 0 Å². The molecule has 64 heavy (non-hydrogen) atoms. The normalized spacial score (nSPS) is 11.8. The Hall–Kier alpha value is -7.76. The van der Waals surface area contributed by atoms with Gasteiger partial charge in [-0.3, -0.25) is 0 Å². The average molecular weight is 852 g/mol. The largest absolute Gasteiger partial charge is 0.456 e. The van der Waals surface area contributed by atoms with Gasteiger partial charge in [0.15, 0.2) is 0 Å². The Morgan fingerprint density at radius 2 is 0.734 bits per heavy atom. The Bertz CT molecular complexity index is 3730. The third-order valence-corrected chi connectivity index (χ3v) is 15.1. The van der Waals surface area contributed by atoms with E-state index >= 15 is 0 Å². The van der Waals surface area contributed by atoms with E-state index in [1.807, 2.05) is 34.8 Å². The molecule has 13 aromatic rings. The van der Waals surface area contributed by atoms with Crippen molar-refractivity contribution in [1.29, 1.82) is 0 Å². The number of furan rings is 1.